The molecule has 0 amide bonds. The zero-order chi connectivity index (χ0) is 11.5. The fraction of sp³-hybridized carbons (Fsp3) is 0.500. The van der Waals surface area contributed by atoms with Gasteiger partial charge in [0, 0.05) is 12.2 Å². The van der Waals surface area contributed by atoms with Crippen LogP contribution < -0.4 is 4.98 Å². The Labute approximate surface area is 94.4 Å². The van der Waals surface area contributed by atoms with Crippen LogP contribution in [0.2, 0.25) is 19.6 Å². The standard InChI is InChI=1S/C12H22N2Si/c1-14(2)10-11-8-6-7-9-12(11)13-15(3,4)5/h6-9,13H,10H2,1-5H3. The van der Waals surface area contributed by atoms with Gasteiger partial charge in [0.25, 0.3) is 0 Å². The third-order valence-corrected chi connectivity index (χ3v) is 3.03. The topological polar surface area (TPSA) is 15.3 Å². The van der Waals surface area contributed by atoms with E-state index in [1.165, 1.54) is 11.3 Å². The molecule has 15 heavy (non-hydrogen) atoms. The Morgan fingerprint density at radius 3 is 2.27 bits per heavy atom. The molecule has 0 aliphatic heterocycles. The van der Waals surface area contributed by atoms with E-state index in [9.17, 15) is 0 Å². The van der Waals surface area contributed by atoms with Gasteiger partial charge in [-0.1, -0.05) is 37.8 Å². The summed E-state index contributed by atoms with van der Waals surface area (Å²) in [5, 5.41) is 0. The molecule has 0 radical (unpaired) electrons. The van der Waals surface area contributed by atoms with Gasteiger partial charge in [0.15, 0.2) is 0 Å². The van der Waals surface area contributed by atoms with Gasteiger partial charge < -0.3 is 9.88 Å². The number of nitrogens with zero attached hydrogens (tertiary/aromatic N) is 1. The van der Waals surface area contributed by atoms with Gasteiger partial charge in [-0.3, -0.25) is 0 Å². The minimum absolute atomic E-state index is 0.994. The molecular weight excluding hydrogens is 200 g/mol. The van der Waals surface area contributed by atoms with Crippen molar-refractivity contribution in [1.29, 1.82) is 0 Å². The summed E-state index contributed by atoms with van der Waals surface area (Å²) in [6, 6.07) is 8.58. The van der Waals surface area contributed by atoms with Crippen LogP contribution in [0.25, 0.3) is 0 Å². The lowest BCUT2D eigenvalue weighted by atomic mass is 10.2. The van der Waals surface area contributed by atoms with Crippen molar-refractivity contribution in [1.82, 2.24) is 4.90 Å². The molecule has 0 saturated heterocycles. The summed E-state index contributed by atoms with van der Waals surface area (Å²) >= 11 is 0. The molecule has 84 valence electrons. The van der Waals surface area contributed by atoms with E-state index >= 15 is 0 Å². The fourth-order valence-electron chi connectivity index (χ4n) is 1.52. The highest BCUT2D eigenvalue weighted by atomic mass is 28.3. The van der Waals surface area contributed by atoms with Crippen molar-refractivity contribution in [2.75, 3.05) is 19.1 Å². The van der Waals surface area contributed by atoms with Crippen LogP contribution in [-0.4, -0.2) is 27.2 Å². The van der Waals surface area contributed by atoms with E-state index in [0.717, 1.165) is 6.54 Å². The minimum Gasteiger partial charge on any atom is -0.411 e. The second-order valence-electron chi connectivity index (χ2n) is 5.27. The lowest BCUT2D eigenvalue weighted by Crippen LogP contribution is -2.33. The van der Waals surface area contributed by atoms with Crippen molar-refractivity contribution >= 4 is 13.9 Å². The third kappa shape index (κ3) is 4.49. The van der Waals surface area contributed by atoms with Crippen LogP contribution >= 0.6 is 0 Å². The Hall–Kier alpha value is -0.803. The van der Waals surface area contributed by atoms with Gasteiger partial charge in [0.05, 0.1) is 0 Å². The van der Waals surface area contributed by atoms with Crippen molar-refractivity contribution in [3.05, 3.63) is 29.8 Å². The van der Waals surface area contributed by atoms with Crippen molar-refractivity contribution in [3.8, 4) is 0 Å². The smallest absolute Gasteiger partial charge is 0.144 e. The summed E-state index contributed by atoms with van der Waals surface area (Å²) in [5.74, 6) is 0. The first-order valence-electron chi connectivity index (χ1n) is 5.39. The van der Waals surface area contributed by atoms with Crippen molar-refractivity contribution in [2.45, 2.75) is 26.2 Å². The molecule has 1 aromatic carbocycles. The summed E-state index contributed by atoms with van der Waals surface area (Å²) in [6.07, 6.45) is 0. The highest BCUT2D eigenvalue weighted by Crippen LogP contribution is 2.19. The predicted molar refractivity (Wildman–Crippen MR) is 70.8 cm³/mol. The normalized spacial score (nSPS) is 11.9. The molecule has 0 fully saturated rings. The van der Waals surface area contributed by atoms with Gasteiger partial charge in [0.2, 0.25) is 0 Å². The molecule has 0 spiro atoms. The van der Waals surface area contributed by atoms with E-state index in [1.54, 1.807) is 0 Å². The third-order valence-electron chi connectivity index (χ3n) is 2.01. The van der Waals surface area contributed by atoms with E-state index in [-0.39, 0.29) is 0 Å². The summed E-state index contributed by atoms with van der Waals surface area (Å²) in [7, 11) is 2.96. The first-order chi connectivity index (χ1) is 6.88. The molecule has 0 heterocycles. The van der Waals surface area contributed by atoms with E-state index in [1.807, 2.05) is 0 Å². The molecule has 0 aliphatic carbocycles. The Kier molecular flexibility index (Phi) is 3.94. The van der Waals surface area contributed by atoms with Gasteiger partial charge in [-0.15, -0.1) is 0 Å². The Balaban J connectivity index is 2.86. The summed E-state index contributed by atoms with van der Waals surface area (Å²) in [4.78, 5) is 5.87. The van der Waals surface area contributed by atoms with Crippen LogP contribution in [0, 0.1) is 0 Å². The number of rotatable bonds is 4. The number of nitrogens with one attached hydrogen (secondary N) is 1. The number of hydrogen-bond acceptors (Lipinski definition) is 2. The molecule has 1 rings (SSSR count). The highest BCUT2D eigenvalue weighted by Gasteiger charge is 2.14. The molecule has 0 bridgehead atoms. The van der Waals surface area contributed by atoms with Gasteiger partial charge in [-0.25, -0.2) is 0 Å². The zero-order valence-electron chi connectivity index (χ0n) is 10.5. The van der Waals surface area contributed by atoms with Crippen LogP contribution in [0.3, 0.4) is 0 Å². The fourth-order valence-corrected chi connectivity index (χ4v) is 2.58. The molecule has 3 heteroatoms. The average molecular weight is 222 g/mol. The minimum atomic E-state index is -1.25. The number of benzene rings is 1. The van der Waals surface area contributed by atoms with Crippen LogP contribution in [0.5, 0.6) is 0 Å². The molecule has 2 nitrogen and oxygen atoms in total. The molecule has 0 atom stereocenters. The molecule has 1 aromatic rings. The summed E-state index contributed by atoms with van der Waals surface area (Å²) in [5.41, 5.74) is 2.68. The van der Waals surface area contributed by atoms with Crippen molar-refractivity contribution in [2.24, 2.45) is 0 Å². The summed E-state index contributed by atoms with van der Waals surface area (Å²) < 4.78 is 0. The maximum absolute atomic E-state index is 3.67. The number of hydrogen-bond donors (Lipinski definition) is 1. The predicted octanol–water partition coefficient (Wildman–Crippen LogP) is 3.00. The first-order valence-corrected chi connectivity index (χ1v) is 8.89. The van der Waals surface area contributed by atoms with Gasteiger partial charge in [-0.2, -0.15) is 0 Å². The van der Waals surface area contributed by atoms with E-state index < -0.39 is 8.24 Å². The van der Waals surface area contributed by atoms with Gasteiger partial charge in [-0.05, 0) is 25.7 Å². The van der Waals surface area contributed by atoms with E-state index in [2.05, 4.69) is 67.9 Å². The lowest BCUT2D eigenvalue weighted by Gasteiger charge is -2.23. The lowest BCUT2D eigenvalue weighted by molar-refractivity contribution is 0.403. The molecule has 0 saturated carbocycles. The van der Waals surface area contributed by atoms with Crippen LogP contribution in [-0.2, 0) is 6.54 Å². The molecule has 0 unspecified atom stereocenters. The highest BCUT2D eigenvalue weighted by molar-refractivity contribution is 6.79. The van der Waals surface area contributed by atoms with Crippen molar-refractivity contribution in [3.63, 3.8) is 0 Å². The van der Waals surface area contributed by atoms with E-state index in [4.69, 9.17) is 0 Å². The summed E-state index contributed by atoms with van der Waals surface area (Å²) in [6.45, 7) is 7.95. The maximum atomic E-state index is 3.67. The quantitative estimate of drug-likeness (QED) is 0.788. The first kappa shape index (κ1) is 12.3. The number of para-hydroxylation sites is 1. The van der Waals surface area contributed by atoms with Crippen molar-refractivity contribution < 1.29 is 0 Å². The molecule has 0 aliphatic rings. The van der Waals surface area contributed by atoms with Crippen LogP contribution in [0.1, 0.15) is 5.56 Å². The molecule has 0 aromatic heterocycles. The second kappa shape index (κ2) is 4.81. The largest absolute Gasteiger partial charge is 0.411 e. The monoisotopic (exact) mass is 222 g/mol. The van der Waals surface area contributed by atoms with Crippen LogP contribution in [0.15, 0.2) is 24.3 Å². The van der Waals surface area contributed by atoms with E-state index in [0.29, 0.717) is 0 Å². The number of anilines is 1. The average Bonchev–Trinajstić information content (AvgIpc) is 2.05. The SMILES string of the molecule is CN(C)Cc1ccccc1N[Si](C)(C)C. The van der Waals surface area contributed by atoms with Crippen LogP contribution in [0.4, 0.5) is 5.69 Å². The second-order valence-corrected chi connectivity index (χ2v) is 10.0. The molecular formula is C12H22N2Si. The molecule has 1 N–H and O–H groups in total. The van der Waals surface area contributed by atoms with Gasteiger partial charge >= 0.3 is 0 Å². The Morgan fingerprint density at radius 1 is 1.13 bits per heavy atom. The Morgan fingerprint density at radius 2 is 1.73 bits per heavy atom. The zero-order valence-corrected chi connectivity index (χ0v) is 11.5. The Bertz CT molecular complexity index is 316. The maximum Gasteiger partial charge on any atom is 0.144 e. The van der Waals surface area contributed by atoms with Gasteiger partial charge in [0.1, 0.15) is 8.24 Å².